The summed E-state index contributed by atoms with van der Waals surface area (Å²) in [6.07, 6.45) is 0. The third-order valence-electron chi connectivity index (χ3n) is 1.28. The lowest BCUT2D eigenvalue weighted by Crippen LogP contribution is -1.98. The van der Waals surface area contributed by atoms with E-state index in [0.717, 1.165) is 12.1 Å². The van der Waals surface area contributed by atoms with E-state index in [-0.39, 0.29) is 0 Å². The average Bonchev–Trinajstić information content (AvgIpc) is 2.02. The maximum Gasteiger partial charge on any atom is 0.437 e. The summed E-state index contributed by atoms with van der Waals surface area (Å²) < 4.78 is 47.8. The van der Waals surface area contributed by atoms with Crippen LogP contribution in [0, 0.1) is 5.82 Å². The highest BCUT2D eigenvalue weighted by Gasteiger charge is 2.06. The van der Waals surface area contributed by atoms with Gasteiger partial charge in [0.1, 0.15) is 5.82 Å². The molecule has 0 atom stereocenters. The van der Waals surface area contributed by atoms with Crippen LogP contribution in [-0.2, 0) is 21.3 Å². The second-order valence-electron chi connectivity index (χ2n) is 2.28. The Balaban J connectivity index is 2.61. The van der Waals surface area contributed by atoms with Gasteiger partial charge in [-0.25, -0.2) is 8.57 Å². The number of rotatable bonds is 3. The molecule has 13 heavy (non-hydrogen) atoms. The van der Waals surface area contributed by atoms with Crippen molar-refractivity contribution in [3.63, 3.8) is 0 Å². The van der Waals surface area contributed by atoms with Crippen molar-refractivity contribution in [1.29, 1.82) is 0 Å². The van der Waals surface area contributed by atoms with E-state index in [1.54, 1.807) is 0 Å². The van der Waals surface area contributed by atoms with Gasteiger partial charge in [0.15, 0.2) is 0 Å². The molecule has 3 nitrogen and oxygen atoms in total. The molecule has 6 heteroatoms. The third kappa shape index (κ3) is 3.95. The number of hydrogen-bond donors (Lipinski definition) is 0. The lowest BCUT2D eigenvalue weighted by atomic mass is 10.2. The van der Waals surface area contributed by atoms with Crippen LogP contribution in [0.5, 0.6) is 0 Å². The van der Waals surface area contributed by atoms with Gasteiger partial charge in [0, 0.05) is 0 Å². The van der Waals surface area contributed by atoms with Crippen molar-refractivity contribution in [2.75, 3.05) is 0 Å². The van der Waals surface area contributed by atoms with Gasteiger partial charge in [0.25, 0.3) is 0 Å². The minimum absolute atomic E-state index is 0.377. The summed E-state index contributed by atoms with van der Waals surface area (Å²) in [7, 11) is -4.93. The molecule has 1 aromatic carbocycles. The van der Waals surface area contributed by atoms with Crippen LogP contribution in [0.1, 0.15) is 5.56 Å². The van der Waals surface area contributed by atoms with Gasteiger partial charge in [-0.05, 0) is 17.7 Å². The van der Waals surface area contributed by atoms with Crippen LogP contribution in [0.2, 0.25) is 0 Å². The largest absolute Gasteiger partial charge is 0.437 e. The number of halogens is 2. The predicted molar refractivity (Wildman–Crippen MR) is 41.2 cm³/mol. The second kappa shape index (κ2) is 3.80. The Morgan fingerprint density at radius 3 is 2.23 bits per heavy atom. The van der Waals surface area contributed by atoms with Gasteiger partial charge in [-0.15, -0.1) is 0 Å². The normalized spacial score (nSPS) is 11.5. The molecule has 0 aliphatic rings. The molecule has 0 heterocycles. The standard InChI is InChI=1S/C7H6F2O3S/c8-7-3-1-6(2-4-7)5-12-13(9,10)11/h1-4H,5H2. The molecule has 0 amide bonds. The quantitative estimate of drug-likeness (QED) is 0.708. The molecule has 0 saturated carbocycles. The van der Waals surface area contributed by atoms with Crippen LogP contribution in [-0.4, -0.2) is 8.42 Å². The van der Waals surface area contributed by atoms with E-state index in [4.69, 9.17) is 0 Å². The second-order valence-corrected chi connectivity index (χ2v) is 3.30. The smallest absolute Gasteiger partial charge is 0.240 e. The molecular formula is C7H6F2O3S. The summed E-state index contributed by atoms with van der Waals surface area (Å²) in [6.45, 7) is -0.431. The average molecular weight is 208 g/mol. The van der Waals surface area contributed by atoms with E-state index in [9.17, 15) is 16.7 Å². The number of hydrogen-bond acceptors (Lipinski definition) is 3. The summed E-state index contributed by atoms with van der Waals surface area (Å²) in [5.74, 6) is -0.452. The molecule has 0 radical (unpaired) electrons. The minimum Gasteiger partial charge on any atom is -0.240 e. The van der Waals surface area contributed by atoms with Gasteiger partial charge < -0.3 is 0 Å². The van der Waals surface area contributed by atoms with Gasteiger partial charge in [0.2, 0.25) is 0 Å². The zero-order chi connectivity index (χ0) is 9.90. The van der Waals surface area contributed by atoms with Crippen molar-refractivity contribution in [1.82, 2.24) is 0 Å². The van der Waals surface area contributed by atoms with Gasteiger partial charge >= 0.3 is 10.5 Å². The molecule has 0 aliphatic carbocycles. The summed E-state index contributed by atoms with van der Waals surface area (Å²) in [6, 6.07) is 4.87. The van der Waals surface area contributed by atoms with E-state index >= 15 is 0 Å². The molecule has 0 aromatic heterocycles. The lowest BCUT2D eigenvalue weighted by Gasteiger charge is -1.98. The first kappa shape index (κ1) is 10.1. The van der Waals surface area contributed by atoms with Crippen LogP contribution in [0.25, 0.3) is 0 Å². The molecule has 0 unspecified atom stereocenters. The summed E-state index contributed by atoms with van der Waals surface area (Å²) >= 11 is 0. The highest BCUT2D eigenvalue weighted by atomic mass is 32.3. The molecule has 0 bridgehead atoms. The molecule has 1 rings (SSSR count). The van der Waals surface area contributed by atoms with E-state index in [2.05, 4.69) is 4.18 Å². The SMILES string of the molecule is O=S(=O)(F)OCc1ccc(F)cc1. The molecule has 0 aliphatic heterocycles. The molecule has 0 spiro atoms. The van der Waals surface area contributed by atoms with Crippen molar-refractivity contribution in [2.24, 2.45) is 0 Å². The van der Waals surface area contributed by atoms with Crippen molar-refractivity contribution >= 4 is 10.5 Å². The summed E-state index contributed by atoms with van der Waals surface area (Å²) in [5, 5.41) is 0. The van der Waals surface area contributed by atoms with Gasteiger partial charge in [-0.3, -0.25) is 0 Å². The highest BCUT2D eigenvalue weighted by Crippen LogP contribution is 2.06. The van der Waals surface area contributed by atoms with Gasteiger partial charge in [-0.1, -0.05) is 16.0 Å². The van der Waals surface area contributed by atoms with Gasteiger partial charge in [0.05, 0.1) is 6.61 Å². The maximum absolute atomic E-state index is 12.3. The van der Waals surface area contributed by atoms with E-state index < -0.39 is 22.9 Å². The van der Waals surface area contributed by atoms with Crippen LogP contribution >= 0.6 is 0 Å². The lowest BCUT2D eigenvalue weighted by molar-refractivity contribution is 0.284. The zero-order valence-corrected chi connectivity index (χ0v) is 7.22. The fraction of sp³-hybridized carbons (Fsp3) is 0.143. The first-order valence-electron chi connectivity index (χ1n) is 3.31. The molecule has 0 N–H and O–H groups in total. The van der Waals surface area contributed by atoms with E-state index in [1.807, 2.05) is 0 Å². The number of benzene rings is 1. The molecule has 0 fully saturated rings. The fourth-order valence-corrected chi connectivity index (χ4v) is 0.996. The molecular weight excluding hydrogens is 202 g/mol. The van der Waals surface area contributed by atoms with Crippen LogP contribution < -0.4 is 0 Å². The molecule has 1 aromatic rings. The van der Waals surface area contributed by atoms with Crippen LogP contribution in [0.15, 0.2) is 24.3 Å². The van der Waals surface area contributed by atoms with Gasteiger partial charge in [-0.2, -0.15) is 8.42 Å². The Bertz CT molecular complexity index is 371. The summed E-state index contributed by atoms with van der Waals surface area (Å²) in [4.78, 5) is 0. The van der Waals surface area contributed by atoms with Crippen molar-refractivity contribution in [3.05, 3.63) is 35.6 Å². The molecule has 0 saturated heterocycles. The highest BCUT2D eigenvalue weighted by molar-refractivity contribution is 7.81. The Morgan fingerprint density at radius 2 is 1.77 bits per heavy atom. The van der Waals surface area contributed by atoms with E-state index in [1.165, 1.54) is 12.1 Å². The Morgan fingerprint density at radius 1 is 1.23 bits per heavy atom. The topological polar surface area (TPSA) is 43.4 Å². The Labute approximate surface area is 74.4 Å². The first-order chi connectivity index (χ1) is 5.97. The van der Waals surface area contributed by atoms with Crippen LogP contribution in [0.4, 0.5) is 8.28 Å². The zero-order valence-electron chi connectivity index (χ0n) is 6.41. The van der Waals surface area contributed by atoms with Crippen molar-refractivity contribution in [3.8, 4) is 0 Å². The van der Waals surface area contributed by atoms with Crippen LogP contribution in [0.3, 0.4) is 0 Å². The maximum atomic E-state index is 12.3. The molecule has 72 valence electrons. The van der Waals surface area contributed by atoms with Crippen molar-refractivity contribution in [2.45, 2.75) is 6.61 Å². The predicted octanol–water partition coefficient (Wildman–Crippen LogP) is 1.56. The van der Waals surface area contributed by atoms with Crippen molar-refractivity contribution < 1.29 is 20.9 Å². The van der Waals surface area contributed by atoms with E-state index in [0.29, 0.717) is 5.56 Å². The Kier molecular flexibility index (Phi) is 2.94. The summed E-state index contributed by atoms with van der Waals surface area (Å²) in [5.41, 5.74) is 0.377. The first-order valence-corrected chi connectivity index (χ1v) is 4.62. The minimum atomic E-state index is -4.93. The Hall–Kier alpha value is -1.01. The fourth-order valence-electron chi connectivity index (χ4n) is 0.719. The third-order valence-corrected chi connectivity index (χ3v) is 1.68. The monoisotopic (exact) mass is 208 g/mol.